The quantitative estimate of drug-likeness (QED) is 0.911. The molecule has 6 heteroatoms. The van der Waals surface area contributed by atoms with Crippen molar-refractivity contribution in [1.29, 1.82) is 5.26 Å². The molecule has 2 rings (SSSR count). The minimum atomic E-state index is -0.239. The fourth-order valence-electron chi connectivity index (χ4n) is 2.66. The van der Waals surface area contributed by atoms with Gasteiger partial charge >= 0.3 is 0 Å². The zero-order valence-corrected chi connectivity index (χ0v) is 13.6. The van der Waals surface area contributed by atoms with Gasteiger partial charge in [0.25, 0.3) is 5.91 Å². The molecule has 0 atom stereocenters. The van der Waals surface area contributed by atoms with E-state index in [1.807, 2.05) is 54.2 Å². The number of nitrogens with zero attached hydrogens (tertiary/aromatic N) is 3. The molecule has 1 N–H and O–H groups in total. The molecule has 1 aliphatic rings. The molecule has 2 amide bonds. The number of hydrogen-bond acceptors (Lipinski definition) is 4. The molecule has 1 aromatic rings. The van der Waals surface area contributed by atoms with Crippen LogP contribution in [0.15, 0.2) is 24.3 Å². The molecule has 0 spiro atoms. The van der Waals surface area contributed by atoms with Crippen LogP contribution in [-0.2, 0) is 4.79 Å². The molecule has 0 radical (unpaired) electrons. The summed E-state index contributed by atoms with van der Waals surface area (Å²) in [6.45, 7) is 1.23. The van der Waals surface area contributed by atoms with Crippen LogP contribution in [0.1, 0.15) is 29.6 Å². The minimum absolute atomic E-state index is 0.0251. The number of hydrogen-bond donors (Lipinski definition) is 1. The first-order chi connectivity index (χ1) is 11.0. The van der Waals surface area contributed by atoms with Crippen LogP contribution in [0.3, 0.4) is 0 Å². The van der Waals surface area contributed by atoms with Crippen LogP contribution < -0.4 is 10.2 Å². The van der Waals surface area contributed by atoms with Crippen molar-refractivity contribution in [2.45, 2.75) is 25.3 Å². The lowest BCUT2D eigenvalue weighted by molar-refractivity contribution is -0.121. The van der Waals surface area contributed by atoms with Gasteiger partial charge in [-0.05, 0) is 37.1 Å². The van der Waals surface area contributed by atoms with E-state index in [1.165, 1.54) is 0 Å². The van der Waals surface area contributed by atoms with Crippen LogP contribution in [0, 0.1) is 11.3 Å². The molecule has 1 fully saturated rings. The zero-order valence-electron chi connectivity index (χ0n) is 13.6. The summed E-state index contributed by atoms with van der Waals surface area (Å²) < 4.78 is 0. The second-order valence-electron chi connectivity index (χ2n) is 5.91. The molecule has 0 unspecified atom stereocenters. The number of nitrogens with one attached hydrogen (secondary N) is 1. The summed E-state index contributed by atoms with van der Waals surface area (Å²) in [7, 11) is 3.92. The molecular weight excluding hydrogens is 292 g/mol. The van der Waals surface area contributed by atoms with E-state index in [9.17, 15) is 9.59 Å². The second-order valence-corrected chi connectivity index (χ2v) is 5.91. The van der Waals surface area contributed by atoms with E-state index in [-0.39, 0.29) is 24.3 Å². The maximum atomic E-state index is 12.5. The van der Waals surface area contributed by atoms with Gasteiger partial charge in [-0.25, -0.2) is 0 Å². The van der Waals surface area contributed by atoms with Crippen LogP contribution in [0.4, 0.5) is 5.69 Å². The Labute approximate surface area is 136 Å². The molecule has 1 aliphatic heterocycles. The van der Waals surface area contributed by atoms with E-state index in [1.54, 1.807) is 0 Å². The van der Waals surface area contributed by atoms with Crippen molar-refractivity contribution in [3.63, 3.8) is 0 Å². The normalized spacial score (nSPS) is 14.9. The number of anilines is 1. The highest BCUT2D eigenvalue weighted by atomic mass is 16.2. The number of piperidine rings is 1. The van der Waals surface area contributed by atoms with Gasteiger partial charge in [0.15, 0.2) is 0 Å². The fraction of sp³-hybridized carbons (Fsp3) is 0.471. The van der Waals surface area contributed by atoms with Crippen molar-refractivity contribution in [3.8, 4) is 6.07 Å². The van der Waals surface area contributed by atoms with Gasteiger partial charge in [-0.1, -0.05) is 0 Å². The summed E-state index contributed by atoms with van der Waals surface area (Å²) in [4.78, 5) is 27.7. The molecule has 0 bridgehead atoms. The molecule has 1 saturated heterocycles. The van der Waals surface area contributed by atoms with E-state index < -0.39 is 0 Å². The SMILES string of the molecule is CN(C)c1ccc(C(=O)N2CCC(NC(=O)CC#N)CC2)cc1. The van der Waals surface area contributed by atoms with Crippen LogP contribution in [0.5, 0.6) is 0 Å². The van der Waals surface area contributed by atoms with Gasteiger partial charge in [-0.15, -0.1) is 0 Å². The third-order valence-electron chi connectivity index (χ3n) is 4.02. The first kappa shape index (κ1) is 16.8. The molecule has 0 aliphatic carbocycles. The van der Waals surface area contributed by atoms with E-state index in [0.717, 1.165) is 18.5 Å². The summed E-state index contributed by atoms with van der Waals surface area (Å²) in [5.74, 6) is -0.214. The van der Waals surface area contributed by atoms with Crippen molar-refractivity contribution >= 4 is 17.5 Å². The lowest BCUT2D eigenvalue weighted by atomic mass is 10.0. The first-order valence-corrected chi connectivity index (χ1v) is 7.74. The van der Waals surface area contributed by atoms with Crippen molar-refractivity contribution in [2.24, 2.45) is 0 Å². The molecule has 122 valence electrons. The Morgan fingerprint density at radius 1 is 1.26 bits per heavy atom. The van der Waals surface area contributed by atoms with E-state index >= 15 is 0 Å². The van der Waals surface area contributed by atoms with E-state index in [4.69, 9.17) is 5.26 Å². The van der Waals surface area contributed by atoms with E-state index in [2.05, 4.69) is 5.32 Å². The Morgan fingerprint density at radius 2 is 1.87 bits per heavy atom. The maximum absolute atomic E-state index is 12.5. The number of likely N-dealkylation sites (tertiary alicyclic amines) is 1. The highest BCUT2D eigenvalue weighted by molar-refractivity contribution is 5.94. The van der Waals surface area contributed by atoms with Crippen molar-refractivity contribution in [2.75, 3.05) is 32.1 Å². The Hall–Kier alpha value is -2.55. The highest BCUT2D eigenvalue weighted by Crippen LogP contribution is 2.17. The van der Waals surface area contributed by atoms with Crippen LogP contribution in [-0.4, -0.2) is 49.9 Å². The van der Waals surface area contributed by atoms with Crippen LogP contribution in [0.25, 0.3) is 0 Å². The van der Waals surface area contributed by atoms with Gasteiger partial charge in [-0.3, -0.25) is 9.59 Å². The third kappa shape index (κ3) is 4.46. The largest absolute Gasteiger partial charge is 0.378 e. The average Bonchev–Trinajstić information content (AvgIpc) is 2.55. The average molecular weight is 314 g/mol. The summed E-state index contributed by atoms with van der Waals surface area (Å²) in [5, 5.41) is 11.3. The Morgan fingerprint density at radius 3 is 2.39 bits per heavy atom. The first-order valence-electron chi connectivity index (χ1n) is 7.74. The molecule has 1 aromatic carbocycles. The topological polar surface area (TPSA) is 76.4 Å². The molecule has 0 aromatic heterocycles. The molecule has 6 nitrogen and oxygen atoms in total. The number of carbonyl (C=O) groups excluding carboxylic acids is 2. The van der Waals surface area contributed by atoms with Gasteiger partial charge in [0.1, 0.15) is 6.42 Å². The van der Waals surface area contributed by atoms with Crippen molar-refractivity contribution in [1.82, 2.24) is 10.2 Å². The number of carbonyl (C=O) groups is 2. The molecule has 23 heavy (non-hydrogen) atoms. The summed E-state index contributed by atoms with van der Waals surface area (Å²) >= 11 is 0. The zero-order chi connectivity index (χ0) is 16.8. The number of amides is 2. The van der Waals surface area contributed by atoms with Crippen molar-refractivity contribution < 1.29 is 9.59 Å². The maximum Gasteiger partial charge on any atom is 0.253 e. The standard InChI is InChI=1S/C17H22N4O2/c1-20(2)15-5-3-13(4-6-15)17(23)21-11-8-14(9-12-21)19-16(22)7-10-18/h3-6,14H,7-9,11-12H2,1-2H3,(H,19,22). The third-order valence-corrected chi connectivity index (χ3v) is 4.02. The van der Waals surface area contributed by atoms with Gasteiger partial charge < -0.3 is 15.1 Å². The molecular formula is C17H22N4O2. The molecule has 1 heterocycles. The van der Waals surface area contributed by atoms with E-state index in [0.29, 0.717) is 18.7 Å². The van der Waals surface area contributed by atoms with Gasteiger partial charge in [0.05, 0.1) is 6.07 Å². The minimum Gasteiger partial charge on any atom is -0.378 e. The monoisotopic (exact) mass is 314 g/mol. The van der Waals surface area contributed by atoms with Gasteiger partial charge in [0, 0.05) is 44.5 Å². The smallest absolute Gasteiger partial charge is 0.253 e. The fourth-order valence-corrected chi connectivity index (χ4v) is 2.66. The number of benzene rings is 1. The van der Waals surface area contributed by atoms with Gasteiger partial charge in [-0.2, -0.15) is 5.26 Å². The summed E-state index contributed by atoms with van der Waals surface area (Å²) in [6.07, 6.45) is 1.33. The molecule has 0 saturated carbocycles. The second kappa shape index (κ2) is 7.63. The summed E-state index contributed by atoms with van der Waals surface area (Å²) in [6, 6.07) is 9.45. The lowest BCUT2D eigenvalue weighted by Crippen LogP contribution is -2.46. The number of nitriles is 1. The lowest BCUT2D eigenvalue weighted by Gasteiger charge is -2.32. The van der Waals surface area contributed by atoms with Crippen LogP contribution in [0.2, 0.25) is 0 Å². The van der Waals surface area contributed by atoms with Crippen molar-refractivity contribution in [3.05, 3.63) is 29.8 Å². The highest BCUT2D eigenvalue weighted by Gasteiger charge is 2.24. The Balaban J connectivity index is 1.88. The predicted molar refractivity (Wildman–Crippen MR) is 88.1 cm³/mol. The Kier molecular flexibility index (Phi) is 5.58. The predicted octanol–water partition coefficient (Wildman–Crippen LogP) is 1.39. The van der Waals surface area contributed by atoms with Gasteiger partial charge in [0.2, 0.25) is 5.91 Å². The summed E-state index contributed by atoms with van der Waals surface area (Å²) in [5.41, 5.74) is 1.74. The van der Waals surface area contributed by atoms with Crippen LogP contribution >= 0.6 is 0 Å². The number of rotatable bonds is 4. The Bertz CT molecular complexity index is 596.